The summed E-state index contributed by atoms with van der Waals surface area (Å²) in [6, 6.07) is 5.43. The van der Waals surface area contributed by atoms with Gasteiger partial charge in [-0.05, 0) is 18.6 Å². The number of hydrogen-bond donors (Lipinski definition) is 1. The minimum atomic E-state index is 0.140. The van der Waals surface area contributed by atoms with Crippen LogP contribution in [0.4, 0.5) is 5.69 Å². The minimum Gasteiger partial charge on any atom is -0.398 e. The van der Waals surface area contributed by atoms with E-state index in [2.05, 4.69) is 0 Å². The van der Waals surface area contributed by atoms with Crippen LogP contribution in [0.2, 0.25) is 0 Å². The van der Waals surface area contributed by atoms with Gasteiger partial charge in [0.2, 0.25) is 0 Å². The van der Waals surface area contributed by atoms with E-state index in [1.165, 1.54) is 0 Å². The third-order valence-electron chi connectivity index (χ3n) is 1.92. The second-order valence-corrected chi connectivity index (χ2v) is 2.85. The first kappa shape index (κ1) is 8.78. The van der Waals surface area contributed by atoms with E-state index in [0.29, 0.717) is 17.7 Å². The Morgan fingerprint density at radius 1 is 1.50 bits per heavy atom. The Labute approximate surface area is 72.4 Å². The van der Waals surface area contributed by atoms with Crippen LogP contribution in [0.3, 0.4) is 0 Å². The number of aryl methyl sites for hydroxylation is 1. The maximum absolute atomic E-state index is 11.2. The van der Waals surface area contributed by atoms with Crippen molar-refractivity contribution >= 4 is 11.5 Å². The van der Waals surface area contributed by atoms with Gasteiger partial charge >= 0.3 is 0 Å². The van der Waals surface area contributed by atoms with Crippen molar-refractivity contribution in [3.63, 3.8) is 0 Å². The summed E-state index contributed by atoms with van der Waals surface area (Å²) >= 11 is 0. The van der Waals surface area contributed by atoms with E-state index in [9.17, 15) is 4.79 Å². The van der Waals surface area contributed by atoms with Gasteiger partial charge in [0.15, 0.2) is 5.78 Å². The highest BCUT2D eigenvalue weighted by Crippen LogP contribution is 2.13. The van der Waals surface area contributed by atoms with Crippen molar-refractivity contribution < 1.29 is 4.79 Å². The summed E-state index contributed by atoms with van der Waals surface area (Å²) in [5.41, 5.74) is 8.08. The van der Waals surface area contributed by atoms with Gasteiger partial charge in [0.25, 0.3) is 0 Å². The second kappa shape index (κ2) is 3.39. The molecule has 12 heavy (non-hydrogen) atoms. The molecule has 0 aliphatic heterocycles. The summed E-state index contributed by atoms with van der Waals surface area (Å²) in [6.07, 6.45) is 0.530. The SMILES string of the molecule is CCC(=O)c1ccc(C)c(N)c1. The molecule has 0 saturated heterocycles. The molecule has 1 aromatic rings. The average molecular weight is 163 g/mol. The molecule has 1 rings (SSSR count). The topological polar surface area (TPSA) is 43.1 Å². The molecule has 0 heterocycles. The van der Waals surface area contributed by atoms with Crippen LogP contribution in [0.15, 0.2) is 18.2 Å². The zero-order valence-electron chi connectivity index (χ0n) is 7.42. The van der Waals surface area contributed by atoms with Crippen molar-refractivity contribution in [1.29, 1.82) is 0 Å². The normalized spacial score (nSPS) is 9.83. The average Bonchev–Trinajstić information content (AvgIpc) is 2.08. The third-order valence-corrected chi connectivity index (χ3v) is 1.92. The summed E-state index contributed by atoms with van der Waals surface area (Å²) in [5.74, 6) is 0.140. The number of rotatable bonds is 2. The molecule has 0 bridgehead atoms. The predicted molar refractivity (Wildman–Crippen MR) is 50.2 cm³/mol. The Kier molecular flexibility index (Phi) is 2.48. The monoisotopic (exact) mass is 163 g/mol. The van der Waals surface area contributed by atoms with Crippen molar-refractivity contribution in [2.75, 3.05) is 5.73 Å². The van der Waals surface area contributed by atoms with Gasteiger partial charge in [0.05, 0.1) is 0 Å². The smallest absolute Gasteiger partial charge is 0.162 e. The van der Waals surface area contributed by atoms with Crippen LogP contribution >= 0.6 is 0 Å². The lowest BCUT2D eigenvalue weighted by Gasteiger charge is -2.02. The molecule has 0 aliphatic carbocycles. The van der Waals surface area contributed by atoms with Gasteiger partial charge in [-0.15, -0.1) is 0 Å². The van der Waals surface area contributed by atoms with E-state index in [1.807, 2.05) is 26.0 Å². The number of nitrogens with two attached hydrogens (primary N) is 1. The number of carbonyl (C=O) groups is 1. The maximum atomic E-state index is 11.2. The first-order chi connectivity index (χ1) is 5.65. The standard InChI is InChI=1S/C10H13NO/c1-3-10(12)8-5-4-7(2)9(11)6-8/h4-6H,3,11H2,1-2H3. The molecular formula is C10H13NO. The molecule has 0 fully saturated rings. The highest BCUT2D eigenvalue weighted by molar-refractivity contribution is 5.96. The Morgan fingerprint density at radius 2 is 2.17 bits per heavy atom. The molecule has 0 amide bonds. The minimum absolute atomic E-state index is 0.140. The van der Waals surface area contributed by atoms with Gasteiger partial charge in [-0.3, -0.25) is 4.79 Å². The molecule has 0 spiro atoms. The van der Waals surface area contributed by atoms with Crippen LogP contribution in [-0.4, -0.2) is 5.78 Å². The van der Waals surface area contributed by atoms with Gasteiger partial charge in [-0.2, -0.15) is 0 Å². The second-order valence-electron chi connectivity index (χ2n) is 2.85. The number of benzene rings is 1. The Morgan fingerprint density at radius 3 is 2.67 bits per heavy atom. The van der Waals surface area contributed by atoms with E-state index in [-0.39, 0.29) is 5.78 Å². The number of carbonyl (C=O) groups excluding carboxylic acids is 1. The highest BCUT2D eigenvalue weighted by atomic mass is 16.1. The molecule has 0 aromatic heterocycles. The van der Waals surface area contributed by atoms with Gasteiger partial charge < -0.3 is 5.73 Å². The molecule has 0 saturated carbocycles. The highest BCUT2D eigenvalue weighted by Gasteiger charge is 2.03. The fourth-order valence-corrected chi connectivity index (χ4v) is 1.02. The van der Waals surface area contributed by atoms with Crippen LogP contribution in [0, 0.1) is 6.92 Å². The quantitative estimate of drug-likeness (QED) is 0.536. The molecule has 2 N–H and O–H groups in total. The van der Waals surface area contributed by atoms with Gasteiger partial charge in [0.1, 0.15) is 0 Å². The lowest BCUT2D eigenvalue weighted by atomic mass is 10.1. The molecular weight excluding hydrogens is 150 g/mol. The van der Waals surface area contributed by atoms with Crippen LogP contribution in [0.1, 0.15) is 29.3 Å². The number of anilines is 1. The largest absolute Gasteiger partial charge is 0.398 e. The number of nitrogen functional groups attached to an aromatic ring is 1. The molecule has 0 radical (unpaired) electrons. The van der Waals surface area contributed by atoms with Crippen molar-refractivity contribution in [1.82, 2.24) is 0 Å². The summed E-state index contributed by atoms with van der Waals surface area (Å²) in [5, 5.41) is 0. The zero-order valence-corrected chi connectivity index (χ0v) is 7.42. The van der Waals surface area contributed by atoms with Gasteiger partial charge in [0, 0.05) is 17.7 Å². The molecule has 0 atom stereocenters. The van der Waals surface area contributed by atoms with Crippen LogP contribution in [0.25, 0.3) is 0 Å². The van der Waals surface area contributed by atoms with Crippen molar-refractivity contribution in [2.45, 2.75) is 20.3 Å². The Bertz CT molecular complexity index is 305. The molecule has 0 aliphatic rings. The molecule has 0 unspecified atom stereocenters. The fourth-order valence-electron chi connectivity index (χ4n) is 1.02. The Balaban J connectivity index is 3.05. The summed E-state index contributed by atoms with van der Waals surface area (Å²) in [4.78, 5) is 11.2. The summed E-state index contributed by atoms with van der Waals surface area (Å²) in [7, 11) is 0. The number of hydrogen-bond acceptors (Lipinski definition) is 2. The van der Waals surface area contributed by atoms with Crippen molar-refractivity contribution in [3.8, 4) is 0 Å². The molecule has 2 heteroatoms. The maximum Gasteiger partial charge on any atom is 0.162 e. The lowest BCUT2D eigenvalue weighted by Crippen LogP contribution is -1.98. The van der Waals surface area contributed by atoms with E-state index in [0.717, 1.165) is 5.56 Å². The van der Waals surface area contributed by atoms with Crippen LogP contribution in [-0.2, 0) is 0 Å². The molecule has 64 valence electrons. The van der Waals surface area contributed by atoms with Crippen LogP contribution < -0.4 is 5.73 Å². The number of ketones is 1. The van der Waals surface area contributed by atoms with Gasteiger partial charge in [-0.1, -0.05) is 19.1 Å². The van der Waals surface area contributed by atoms with Crippen molar-refractivity contribution in [3.05, 3.63) is 29.3 Å². The van der Waals surface area contributed by atoms with E-state index in [1.54, 1.807) is 6.07 Å². The molecule has 2 nitrogen and oxygen atoms in total. The third kappa shape index (κ3) is 1.64. The van der Waals surface area contributed by atoms with E-state index >= 15 is 0 Å². The molecule has 1 aromatic carbocycles. The fraction of sp³-hybridized carbons (Fsp3) is 0.300. The van der Waals surface area contributed by atoms with E-state index in [4.69, 9.17) is 5.73 Å². The summed E-state index contributed by atoms with van der Waals surface area (Å²) in [6.45, 7) is 3.77. The van der Waals surface area contributed by atoms with E-state index < -0.39 is 0 Å². The van der Waals surface area contributed by atoms with Gasteiger partial charge in [-0.25, -0.2) is 0 Å². The lowest BCUT2D eigenvalue weighted by molar-refractivity contribution is 0.0988. The Hall–Kier alpha value is -1.31. The van der Waals surface area contributed by atoms with Crippen molar-refractivity contribution in [2.24, 2.45) is 0 Å². The summed E-state index contributed by atoms with van der Waals surface area (Å²) < 4.78 is 0. The zero-order chi connectivity index (χ0) is 9.14. The number of Topliss-reactive ketones (excluding diaryl/α,β-unsaturated/α-hetero) is 1. The first-order valence-corrected chi connectivity index (χ1v) is 4.04. The predicted octanol–water partition coefficient (Wildman–Crippen LogP) is 2.17. The van der Waals surface area contributed by atoms with Crippen LogP contribution in [0.5, 0.6) is 0 Å². The first-order valence-electron chi connectivity index (χ1n) is 4.04.